The minimum atomic E-state index is -0.871. The molecule has 0 bridgehead atoms. The van der Waals surface area contributed by atoms with E-state index in [0.717, 1.165) is 57.8 Å². The van der Waals surface area contributed by atoms with Gasteiger partial charge in [-0.3, -0.25) is 4.79 Å². The van der Waals surface area contributed by atoms with Crippen LogP contribution in [0.1, 0.15) is 251 Å². The second-order valence-electron chi connectivity index (χ2n) is 16.9. The van der Waals surface area contributed by atoms with E-state index in [4.69, 9.17) is 0 Å². The van der Waals surface area contributed by atoms with Crippen LogP contribution < -0.4 is 5.32 Å². The Labute approximate surface area is 356 Å². The zero-order valence-electron chi connectivity index (χ0n) is 38.1. The summed E-state index contributed by atoms with van der Waals surface area (Å²) in [4.78, 5) is 12.4. The number of hydrogen-bond acceptors (Lipinski definition) is 3. The number of unbranched alkanes of at least 4 members (excludes halogenated alkanes) is 30. The predicted octanol–water partition coefficient (Wildman–Crippen LogP) is 16.1. The van der Waals surface area contributed by atoms with Crippen molar-refractivity contribution < 1.29 is 15.0 Å². The largest absolute Gasteiger partial charge is 0.394 e. The number of hydrogen-bond donors (Lipinski definition) is 3. The average Bonchev–Trinajstić information content (AvgIpc) is 3.22. The van der Waals surface area contributed by atoms with Gasteiger partial charge in [0.2, 0.25) is 5.91 Å². The van der Waals surface area contributed by atoms with Crippen molar-refractivity contribution >= 4 is 5.91 Å². The van der Waals surface area contributed by atoms with Crippen molar-refractivity contribution in [3.05, 3.63) is 60.8 Å². The molecular weight excluding hydrogens is 699 g/mol. The van der Waals surface area contributed by atoms with Crippen LogP contribution in [0.2, 0.25) is 0 Å². The van der Waals surface area contributed by atoms with Crippen molar-refractivity contribution in [2.75, 3.05) is 6.61 Å². The zero-order valence-corrected chi connectivity index (χ0v) is 38.1. The van der Waals surface area contributed by atoms with Gasteiger partial charge in [-0.25, -0.2) is 0 Å². The Kier molecular flexibility index (Phi) is 46.8. The van der Waals surface area contributed by atoms with Gasteiger partial charge >= 0.3 is 0 Å². The van der Waals surface area contributed by atoms with E-state index >= 15 is 0 Å². The van der Waals surface area contributed by atoms with E-state index in [9.17, 15) is 15.0 Å². The number of aliphatic hydroxyl groups is 2. The van der Waals surface area contributed by atoms with Crippen LogP contribution in [0, 0.1) is 0 Å². The third kappa shape index (κ3) is 45.0. The number of rotatable bonds is 45. The van der Waals surface area contributed by atoms with E-state index in [1.807, 2.05) is 6.08 Å². The first-order valence-electron chi connectivity index (χ1n) is 25.0. The Hall–Kier alpha value is -1.91. The standard InChI is InChI=1S/C53H97NO3/c1-3-5-7-9-11-13-15-17-19-21-23-24-25-26-27-28-29-31-32-34-36-38-40-42-44-46-48-52(56)51(50-55)54-53(57)49-47-45-43-41-39-37-35-33-30-22-20-18-16-14-12-10-8-6-4-2/h12,14,18,20,30,33,38,40,46,48,51-52,55-56H,3-11,13,15-17,19,21-29,31-32,34-37,39,41-45,47,49-50H2,1-2H3,(H,54,57)/b14-12-,20-18-,33-30-,40-38+,48-46+. The summed E-state index contributed by atoms with van der Waals surface area (Å²) in [6.45, 7) is 4.28. The molecule has 0 heterocycles. The maximum Gasteiger partial charge on any atom is 0.220 e. The summed E-state index contributed by atoms with van der Waals surface area (Å²) >= 11 is 0. The van der Waals surface area contributed by atoms with Gasteiger partial charge in [-0.15, -0.1) is 0 Å². The lowest BCUT2D eigenvalue weighted by atomic mass is 10.0. The number of carbonyl (C=O) groups excluding carboxylic acids is 1. The first-order chi connectivity index (χ1) is 28.2. The first kappa shape index (κ1) is 55.1. The monoisotopic (exact) mass is 796 g/mol. The fourth-order valence-corrected chi connectivity index (χ4v) is 7.38. The second-order valence-corrected chi connectivity index (χ2v) is 16.9. The van der Waals surface area contributed by atoms with Crippen molar-refractivity contribution in [3.63, 3.8) is 0 Å². The molecule has 0 aromatic carbocycles. The van der Waals surface area contributed by atoms with Crippen LogP contribution in [0.5, 0.6) is 0 Å². The predicted molar refractivity (Wildman–Crippen MR) is 253 cm³/mol. The third-order valence-corrected chi connectivity index (χ3v) is 11.2. The van der Waals surface area contributed by atoms with E-state index in [1.54, 1.807) is 6.08 Å². The minimum Gasteiger partial charge on any atom is -0.394 e. The van der Waals surface area contributed by atoms with Gasteiger partial charge in [-0.2, -0.15) is 0 Å². The topological polar surface area (TPSA) is 69.6 Å². The molecule has 332 valence electrons. The molecule has 0 aromatic rings. The molecule has 3 N–H and O–H groups in total. The van der Waals surface area contributed by atoms with Gasteiger partial charge in [0.05, 0.1) is 18.8 Å². The molecule has 0 radical (unpaired) electrons. The van der Waals surface area contributed by atoms with Gasteiger partial charge in [0, 0.05) is 6.42 Å². The Bertz CT molecular complexity index is 950. The Morgan fingerprint density at radius 1 is 0.421 bits per heavy atom. The quantitative estimate of drug-likeness (QED) is 0.0425. The highest BCUT2D eigenvalue weighted by atomic mass is 16.3. The van der Waals surface area contributed by atoms with E-state index in [-0.39, 0.29) is 12.5 Å². The van der Waals surface area contributed by atoms with E-state index < -0.39 is 12.1 Å². The molecule has 0 aliphatic rings. The number of allylic oxidation sites excluding steroid dienone is 9. The highest BCUT2D eigenvalue weighted by Crippen LogP contribution is 2.16. The lowest BCUT2D eigenvalue weighted by Gasteiger charge is -2.19. The number of aliphatic hydroxyl groups excluding tert-OH is 2. The SMILES string of the molecule is CCCCC/C=C\C/C=C\C/C=C\CCCCCCCCC(=O)NC(CO)C(O)/C=C/CC/C=C/CCCCCCCCCCCCCCCCCCCCCC. The number of amides is 1. The number of nitrogens with one attached hydrogen (secondary N) is 1. The van der Waals surface area contributed by atoms with Crippen molar-refractivity contribution in [2.45, 2.75) is 264 Å². The summed E-state index contributed by atoms with van der Waals surface area (Å²) in [5.74, 6) is -0.0864. The van der Waals surface area contributed by atoms with Gasteiger partial charge in [-0.1, -0.05) is 235 Å². The number of carbonyl (C=O) groups is 1. The fraction of sp³-hybridized carbons (Fsp3) is 0.792. The molecule has 0 saturated carbocycles. The lowest BCUT2D eigenvalue weighted by molar-refractivity contribution is -0.123. The minimum absolute atomic E-state index is 0.0864. The molecule has 0 spiro atoms. The third-order valence-electron chi connectivity index (χ3n) is 11.2. The van der Waals surface area contributed by atoms with E-state index in [1.165, 1.54) is 173 Å². The van der Waals surface area contributed by atoms with Crippen molar-refractivity contribution in [2.24, 2.45) is 0 Å². The van der Waals surface area contributed by atoms with Crippen molar-refractivity contribution in [1.29, 1.82) is 0 Å². The van der Waals surface area contributed by atoms with Crippen LogP contribution in [0.15, 0.2) is 60.8 Å². The van der Waals surface area contributed by atoms with Gasteiger partial charge in [0.1, 0.15) is 0 Å². The molecule has 0 aliphatic carbocycles. The van der Waals surface area contributed by atoms with Gasteiger partial charge in [0.15, 0.2) is 0 Å². The maximum atomic E-state index is 12.4. The summed E-state index contributed by atoms with van der Waals surface area (Å²) in [7, 11) is 0. The molecule has 57 heavy (non-hydrogen) atoms. The summed E-state index contributed by atoms with van der Waals surface area (Å²) < 4.78 is 0. The van der Waals surface area contributed by atoms with Gasteiger partial charge < -0.3 is 15.5 Å². The smallest absolute Gasteiger partial charge is 0.220 e. The molecule has 1 amide bonds. The molecule has 2 atom stereocenters. The average molecular weight is 796 g/mol. The summed E-state index contributed by atoms with van der Waals surface area (Å²) in [5, 5.41) is 23.1. The van der Waals surface area contributed by atoms with Crippen LogP contribution in [-0.4, -0.2) is 34.9 Å². The molecule has 0 saturated heterocycles. The summed E-state index contributed by atoms with van der Waals surface area (Å²) in [5.41, 5.74) is 0. The summed E-state index contributed by atoms with van der Waals surface area (Å²) in [6, 6.07) is -0.649. The molecule has 4 nitrogen and oxygen atoms in total. The molecule has 0 aromatic heterocycles. The molecule has 0 rings (SSSR count). The maximum absolute atomic E-state index is 12.4. The van der Waals surface area contributed by atoms with Crippen LogP contribution >= 0.6 is 0 Å². The molecule has 4 heteroatoms. The normalized spacial score (nSPS) is 13.4. The Morgan fingerprint density at radius 3 is 1.18 bits per heavy atom. The van der Waals surface area contributed by atoms with Crippen molar-refractivity contribution in [1.82, 2.24) is 5.32 Å². The lowest BCUT2D eigenvalue weighted by Crippen LogP contribution is -2.45. The van der Waals surface area contributed by atoms with Gasteiger partial charge in [-0.05, 0) is 70.6 Å². The highest BCUT2D eigenvalue weighted by molar-refractivity contribution is 5.76. The van der Waals surface area contributed by atoms with E-state index in [2.05, 4.69) is 67.8 Å². The second kappa shape index (κ2) is 48.5. The van der Waals surface area contributed by atoms with Crippen LogP contribution in [-0.2, 0) is 4.79 Å². The highest BCUT2D eigenvalue weighted by Gasteiger charge is 2.17. The molecule has 0 aliphatic heterocycles. The Balaban J connectivity index is 3.59. The molecular formula is C53H97NO3. The first-order valence-corrected chi connectivity index (χ1v) is 25.0. The van der Waals surface area contributed by atoms with Crippen LogP contribution in [0.3, 0.4) is 0 Å². The van der Waals surface area contributed by atoms with Crippen LogP contribution in [0.25, 0.3) is 0 Å². The van der Waals surface area contributed by atoms with Gasteiger partial charge in [0.25, 0.3) is 0 Å². The van der Waals surface area contributed by atoms with Crippen molar-refractivity contribution in [3.8, 4) is 0 Å². The molecule has 2 unspecified atom stereocenters. The zero-order chi connectivity index (χ0) is 41.4. The molecule has 0 fully saturated rings. The fourth-order valence-electron chi connectivity index (χ4n) is 7.38. The van der Waals surface area contributed by atoms with Crippen LogP contribution in [0.4, 0.5) is 0 Å². The van der Waals surface area contributed by atoms with E-state index in [0.29, 0.717) is 6.42 Å². The Morgan fingerprint density at radius 2 is 0.737 bits per heavy atom. The summed E-state index contributed by atoms with van der Waals surface area (Å²) in [6.07, 6.45) is 67.8.